The lowest BCUT2D eigenvalue weighted by atomic mass is 10.2. The third kappa shape index (κ3) is 3.40. The minimum absolute atomic E-state index is 0.346. The van der Waals surface area contributed by atoms with Crippen LogP contribution in [0.15, 0.2) is 24.3 Å². The van der Waals surface area contributed by atoms with E-state index in [0.29, 0.717) is 17.2 Å². The molecule has 88 valence electrons. The SMILES string of the molecule is CCCC(Oc1ccccc1Cl)C(=O)NN. The second-order valence-electron chi connectivity index (χ2n) is 3.33. The zero-order chi connectivity index (χ0) is 12.0. The topological polar surface area (TPSA) is 64.3 Å². The third-order valence-corrected chi connectivity index (χ3v) is 2.40. The minimum atomic E-state index is -0.602. The van der Waals surface area contributed by atoms with Crippen molar-refractivity contribution in [3.63, 3.8) is 0 Å². The van der Waals surface area contributed by atoms with Crippen LogP contribution in [0.5, 0.6) is 5.75 Å². The fourth-order valence-corrected chi connectivity index (χ4v) is 1.47. The number of para-hydroxylation sites is 1. The molecule has 0 heterocycles. The summed E-state index contributed by atoms with van der Waals surface area (Å²) in [6.07, 6.45) is 0.812. The van der Waals surface area contributed by atoms with Crippen LogP contribution in [-0.2, 0) is 4.79 Å². The van der Waals surface area contributed by atoms with Crippen LogP contribution in [-0.4, -0.2) is 12.0 Å². The van der Waals surface area contributed by atoms with Gasteiger partial charge in [0.2, 0.25) is 0 Å². The molecule has 0 spiro atoms. The predicted octanol–water partition coefficient (Wildman–Crippen LogP) is 1.88. The molecule has 1 amide bonds. The quantitative estimate of drug-likeness (QED) is 0.471. The largest absolute Gasteiger partial charge is 0.479 e. The van der Waals surface area contributed by atoms with E-state index < -0.39 is 6.10 Å². The number of hydrazine groups is 1. The Morgan fingerprint density at radius 2 is 2.25 bits per heavy atom. The van der Waals surface area contributed by atoms with Crippen molar-refractivity contribution in [2.45, 2.75) is 25.9 Å². The zero-order valence-corrected chi connectivity index (χ0v) is 9.83. The van der Waals surface area contributed by atoms with Crippen LogP contribution < -0.4 is 16.0 Å². The Morgan fingerprint density at radius 3 is 2.81 bits per heavy atom. The minimum Gasteiger partial charge on any atom is -0.479 e. The summed E-state index contributed by atoms with van der Waals surface area (Å²) < 4.78 is 5.51. The molecule has 0 aliphatic rings. The standard InChI is InChI=1S/C11H15ClN2O2/c1-2-5-10(11(15)14-13)16-9-7-4-3-6-8(9)12/h3-4,6-7,10H,2,5,13H2,1H3,(H,14,15). The van der Waals surface area contributed by atoms with Gasteiger partial charge in [-0.1, -0.05) is 37.1 Å². The number of carbonyl (C=O) groups is 1. The van der Waals surface area contributed by atoms with Crippen LogP contribution >= 0.6 is 11.6 Å². The molecule has 3 N–H and O–H groups in total. The molecule has 0 fully saturated rings. The summed E-state index contributed by atoms with van der Waals surface area (Å²) >= 11 is 5.93. The van der Waals surface area contributed by atoms with Gasteiger partial charge in [0.25, 0.3) is 5.91 Å². The molecular formula is C11H15ClN2O2. The summed E-state index contributed by atoms with van der Waals surface area (Å²) in [5, 5.41) is 0.480. The molecule has 1 atom stereocenters. The van der Waals surface area contributed by atoms with Gasteiger partial charge in [0.1, 0.15) is 5.75 Å². The molecule has 0 saturated heterocycles. The second kappa shape index (κ2) is 6.35. The van der Waals surface area contributed by atoms with Crippen molar-refractivity contribution in [1.29, 1.82) is 0 Å². The van der Waals surface area contributed by atoms with Crippen LogP contribution in [0.1, 0.15) is 19.8 Å². The lowest BCUT2D eigenvalue weighted by Crippen LogP contribution is -2.42. The number of halogens is 1. The van der Waals surface area contributed by atoms with Crippen molar-refractivity contribution >= 4 is 17.5 Å². The number of hydrogen-bond donors (Lipinski definition) is 2. The van der Waals surface area contributed by atoms with E-state index in [-0.39, 0.29) is 5.91 Å². The van der Waals surface area contributed by atoms with Crippen molar-refractivity contribution in [3.05, 3.63) is 29.3 Å². The second-order valence-corrected chi connectivity index (χ2v) is 3.74. The van der Waals surface area contributed by atoms with Crippen LogP contribution in [0, 0.1) is 0 Å². The summed E-state index contributed by atoms with van der Waals surface area (Å²) in [4.78, 5) is 11.4. The van der Waals surface area contributed by atoms with Crippen molar-refractivity contribution < 1.29 is 9.53 Å². The smallest absolute Gasteiger partial charge is 0.274 e. The fraction of sp³-hybridized carbons (Fsp3) is 0.364. The number of ether oxygens (including phenoxy) is 1. The average molecular weight is 243 g/mol. The zero-order valence-electron chi connectivity index (χ0n) is 9.07. The van der Waals surface area contributed by atoms with Gasteiger partial charge in [0.05, 0.1) is 5.02 Å². The Bertz CT molecular complexity index is 358. The van der Waals surface area contributed by atoms with Crippen LogP contribution in [0.3, 0.4) is 0 Å². The number of rotatable bonds is 5. The van der Waals surface area contributed by atoms with Gasteiger partial charge in [-0.3, -0.25) is 10.2 Å². The molecule has 1 aromatic rings. The number of amides is 1. The lowest BCUT2D eigenvalue weighted by Gasteiger charge is -2.17. The van der Waals surface area contributed by atoms with E-state index in [9.17, 15) is 4.79 Å². The fourth-order valence-electron chi connectivity index (χ4n) is 1.29. The predicted molar refractivity (Wildman–Crippen MR) is 63.1 cm³/mol. The van der Waals surface area contributed by atoms with Gasteiger partial charge in [-0.25, -0.2) is 5.84 Å². The van der Waals surface area contributed by atoms with Crippen molar-refractivity contribution in [3.8, 4) is 5.75 Å². The van der Waals surface area contributed by atoms with Crippen molar-refractivity contribution in [2.75, 3.05) is 0 Å². The normalized spacial score (nSPS) is 11.9. The van der Waals surface area contributed by atoms with E-state index >= 15 is 0 Å². The molecule has 1 aromatic carbocycles. The summed E-state index contributed by atoms with van der Waals surface area (Å²) in [5.41, 5.74) is 2.08. The molecule has 16 heavy (non-hydrogen) atoms. The van der Waals surface area contributed by atoms with E-state index in [4.69, 9.17) is 22.2 Å². The van der Waals surface area contributed by atoms with Gasteiger partial charge >= 0.3 is 0 Å². The lowest BCUT2D eigenvalue weighted by molar-refractivity contribution is -0.128. The highest BCUT2D eigenvalue weighted by molar-refractivity contribution is 6.32. The Balaban J connectivity index is 2.75. The van der Waals surface area contributed by atoms with E-state index in [2.05, 4.69) is 5.43 Å². The van der Waals surface area contributed by atoms with Gasteiger partial charge < -0.3 is 4.74 Å². The first-order chi connectivity index (χ1) is 7.69. The van der Waals surface area contributed by atoms with Crippen LogP contribution in [0.4, 0.5) is 0 Å². The van der Waals surface area contributed by atoms with Crippen LogP contribution in [0.2, 0.25) is 5.02 Å². The molecule has 5 heteroatoms. The molecular weight excluding hydrogens is 228 g/mol. The van der Waals surface area contributed by atoms with Gasteiger partial charge in [-0.05, 0) is 18.6 Å². The van der Waals surface area contributed by atoms with Gasteiger partial charge in [0, 0.05) is 0 Å². The maximum atomic E-state index is 11.4. The highest BCUT2D eigenvalue weighted by Gasteiger charge is 2.19. The van der Waals surface area contributed by atoms with Gasteiger partial charge in [-0.15, -0.1) is 0 Å². The molecule has 4 nitrogen and oxygen atoms in total. The first-order valence-electron chi connectivity index (χ1n) is 5.10. The molecule has 0 aliphatic carbocycles. The first kappa shape index (κ1) is 12.8. The molecule has 1 unspecified atom stereocenters. The number of benzene rings is 1. The highest BCUT2D eigenvalue weighted by atomic mass is 35.5. The number of nitrogens with one attached hydrogen (secondary N) is 1. The summed E-state index contributed by atoms with van der Waals surface area (Å²) in [7, 11) is 0. The van der Waals surface area contributed by atoms with E-state index in [1.807, 2.05) is 6.92 Å². The third-order valence-electron chi connectivity index (χ3n) is 2.09. The highest BCUT2D eigenvalue weighted by Crippen LogP contribution is 2.25. The molecule has 1 rings (SSSR count). The van der Waals surface area contributed by atoms with Gasteiger partial charge in [0.15, 0.2) is 6.10 Å². The van der Waals surface area contributed by atoms with E-state index in [0.717, 1.165) is 6.42 Å². The van der Waals surface area contributed by atoms with Crippen molar-refractivity contribution in [2.24, 2.45) is 5.84 Å². The first-order valence-corrected chi connectivity index (χ1v) is 5.48. The maximum Gasteiger partial charge on any atom is 0.274 e. The van der Waals surface area contributed by atoms with E-state index in [1.54, 1.807) is 24.3 Å². The summed E-state index contributed by atoms with van der Waals surface area (Å²) in [6, 6.07) is 7.02. The summed E-state index contributed by atoms with van der Waals surface area (Å²) in [5.74, 6) is 5.23. The summed E-state index contributed by atoms with van der Waals surface area (Å²) in [6.45, 7) is 1.97. The van der Waals surface area contributed by atoms with Crippen LogP contribution in [0.25, 0.3) is 0 Å². The van der Waals surface area contributed by atoms with E-state index in [1.165, 1.54) is 0 Å². The molecule has 0 aliphatic heterocycles. The molecule has 0 saturated carbocycles. The van der Waals surface area contributed by atoms with Crippen molar-refractivity contribution in [1.82, 2.24) is 5.43 Å². The number of hydrogen-bond acceptors (Lipinski definition) is 3. The van der Waals surface area contributed by atoms with Gasteiger partial charge in [-0.2, -0.15) is 0 Å². The number of carbonyl (C=O) groups excluding carboxylic acids is 1. The monoisotopic (exact) mass is 242 g/mol. The Morgan fingerprint density at radius 1 is 1.56 bits per heavy atom. The Hall–Kier alpha value is -1.26. The molecule has 0 bridgehead atoms. The Kier molecular flexibility index (Phi) is 5.08. The molecule has 0 aromatic heterocycles. The Labute approximate surface area is 99.7 Å². The maximum absolute atomic E-state index is 11.4. The number of nitrogens with two attached hydrogens (primary N) is 1. The average Bonchev–Trinajstić information content (AvgIpc) is 2.30. The molecule has 0 radical (unpaired) electrons.